The maximum Gasteiger partial charge on any atom is 0.251 e. The van der Waals surface area contributed by atoms with Gasteiger partial charge in [-0.3, -0.25) is 4.79 Å². The summed E-state index contributed by atoms with van der Waals surface area (Å²) in [6.45, 7) is 0.971. The fraction of sp³-hybridized carbons (Fsp3) is 0.0741. The predicted molar refractivity (Wildman–Crippen MR) is 144 cm³/mol. The molecule has 172 valence electrons. The smallest absolute Gasteiger partial charge is 0.251 e. The predicted octanol–water partition coefficient (Wildman–Crippen LogP) is 3.82. The zero-order valence-corrected chi connectivity index (χ0v) is 20.0. The second-order valence-corrected chi connectivity index (χ2v) is 8.60. The molecule has 2 aromatic heterocycles. The Labute approximate surface area is 209 Å². The molecule has 5 aromatic rings. The summed E-state index contributed by atoms with van der Waals surface area (Å²) in [4.78, 5) is 17.4. The highest BCUT2D eigenvalue weighted by Gasteiger charge is 2.12. The Morgan fingerprint density at radius 3 is 2.40 bits per heavy atom. The van der Waals surface area contributed by atoms with Crippen LogP contribution in [0, 0.1) is 0 Å². The summed E-state index contributed by atoms with van der Waals surface area (Å²) < 4.78 is 1.76. The van der Waals surface area contributed by atoms with Crippen molar-refractivity contribution in [3.8, 4) is 22.4 Å². The number of aromatic nitrogens is 3. The number of hydrogen-bond donors (Lipinski definition) is 2. The quantitative estimate of drug-likeness (QED) is 0.275. The third-order valence-corrected chi connectivity index (χ3v) is 6.10. The van der Waals surface area contributed by atoms with Crippen molar-refractivity contribution in [3.63, 3.8) is 0 Å². The zero-order chi connectivity index (χ0) is 24.2. The van der Waals surface area contributed by atoms with Crippen molar-refractivity contribution in [1.82, 2.24) is 19.9 Å². The lowest BCUT2D eigenvalue weighted by Gasteiger charge is -2.12. The molecule has 0 bridgehead atoms. The summed E-state index contributed by atoms with van der Waals surface area (Å²) in [6, 6.07) is 27.3. The van der Waals surface area contributed by atoms with Crippen molar-refractivity contribution in [2.45, 2.75) is 0 Å². The number of carbonyl (C=O) groups is 1. The lowest BCUT2D eigenvalue weighted by atomic mass is 10.0. The summed E-state index contributed by atoms with van der Waals surface area (Å²) >= 11 is 6.41. The van der Waals surface area contributed by atoms with Gasteiger partial charge in [-0.05, 0) is 34.8 Å². The second-order valence-electron chi connectivity index (χ2n) is 8.20. The fourth-order valence-electron chi connectivity index (χ4n) is 3.92. The average molecular weight is 480 g/mol. The number of halogens is 1. The van der Waals surface area contributed by atoms with Crippen LogP contribution in [0.4, 0.5) is 5.82 Å². The Kier molecular flexibility index (Phi) is 6.50. The molecule has 35 heavy (non-hydrogen) atoms. The Morgan fingerprint density at radius 1 is 0.914 bits per heavy atom. The van der Waals surface area contributed by atoms with Crippen LogP contribution in [-0.4, -0.2) is 41.4 Å². The van der Waals surface area contributed by atoms with Crippen LogP contribution in [0.25, 0.3) is 28.0 Å². The van der Waals surface area contributed by atoms with Crippen molar-refractivity contribution >= 4 is 42.3 Å². The molecule has 1 amide bonds. The van der Waals surface area contributed by atoms with Crippen molar-refractivity contribution in [2.24, 2.45) is 0 Å². The molecule has 0 saturated carbocycles. The minimum absolute atomic E-state index is 0.113. The summed E-state index contributed by atoms with van der Waals surface area (Å²) in [5.41, 5.74) is 6.16. The average Bonchev–Trinajstić information content (AvgIpc) is 3.28. The third kappa shape index (κ3) is 4.90. The molecule has 2 heterocycles. The standard InChI is InChI=1S/C27H23BClN5O/c28-22-17-32-34-25(16-24(33-26(22)34)21-8-4-5-9-23(21)29)30-14-15-31-27(35)20-12-10-19(11-13-20)18-6-2-1-3-7-18/h1-13,16-17,30H,14-15,28H2,(H,31,35). The maximum atomic E-state index is 12.6. The Hall–Kier alpha value is -4.10. The van der Waals surface area contributed by atoms with Crippen molar-refractivity contribution < 1.29 is 4.79 Å². The molecular weight excluding hydrogens is 457 g/mol. The van der Waals surface area contributed by atoms with E-state index in [-0.39, 0.29) is 5.91 Å². The third-order valence-electron chi connectivity index (χ3n) is 5.77. The van der Waals surface area contributed by atoms with Gasteiger partial charge in [0.1, 0.15) is 13.7 Å². The lowest BCUT2D eigenvalue weighted by molar-refractivity contribution is 0.0955. The molecule has 0 radical (unpaired) electrons. The van der Waals surface area contributed by atoms with E-state index in [1.54, 1.807) is 10.7 Å². The van der Waals surface area contributed by atoms with E-state index in [1.165, 1.54) is 0 Å². The van der Waals surface area contributed by atoms with Gasteiger partial charge in [0.25, 0.3) is 5.91 Å². The molecule has 0 unspecified atom stereocenters. The molecule has 0 fully saturated rings. The molecule has 0 aliphatic rings. The minimum atomic E-state index is -0.113. The van der Waals surface area contributed by atoms with Gasteiger partial charge in [0.15, 0.2) is 5.65 Å². The number of nitrogens with one attached hydrogen (secondary N) is 2. The molecule has 0 atom stereocenters. The molecular formula is C27H23BClN5O. The highest BCUT2D eigenvalue weighted by Crippen LogP contribution is 2.28. The second kappa shape index (κ2) is 10.0. The Balaban J connectivity index is 1.25. The van der Waals surface area contributed by atoms with Crippen LogP contribution in [0.3, 0.4) is 0 Å². The summed E-state index contributed by atoms with van der Waals surface area (Å²) in [5.74, 6) is 0.664. The Morgan fingerprint density at radius 2 is 1.63 bits per heavy atom. The van der Waals surface area contributed by atoms with Gasteiger partial charge in [-0.15, -0.1) is 0 Å². The molecule has 0 saturated heterocycles. The van der Waals surface area contributed by atoms with Gasteiger partial charge in [-0.1, -0.05) is 72.3 Å². The zero-order valence-electron chi connectivity index (χ0n) is 19.2. The molecule has 8 heteroatoms. The molecule has 5 rings (SSSR count). The summed E-state index contributed by atoms with van der Waals surface area (Å²) in [5, 5.41) is 11.4. The molecule has 2 N–H and O–H groups in total. The van der Waals surface area contributed by atoms with E-state index < -0.39 is 0 Å². The minimum Gasteiger partial charge on any atom is -0.368 e. The van der Waals surface area contributed by atoms with E-state index in [2.05, 4.69) is 27.9 Å². The summed E-state index contributed by atoms with van der Waals surface area (Å²) in [6.07, 6.45) is 1.78. The van der Waals surface area contributed by atoms with Crippen LogP contribution in [0.1, 0.15) is 10.4 Å². The monoisotopic (exact) mass is 479 g/mol. The van der Waals surface area contributed by atoms with Gasteiger partial charge in [-0.2, -0.15) is 9.61 Å². The van der Waals surface area contributed by atoms with E-state index in [0.29, 0.717) is 23.7 Å². The number of nitrogens with zero attached hydrogens (tertiary/aromatic N) is 3. The number of carbonyl (C=O) groups excluding carboxylic acids is 1. The van der Waals surface area contributed by atoms with Gasteiger partial charge in [0.05, 0.1) is 5.69 Å². The first-order chi connectivity index (χ1) is 17.1. The SMILES string of the molecule is Bc1cnn2c(NCCNC(=O)c3ccc(-c4ccccc4)cc3)cc(-c3ccccc3Cl)nc12. The van der Waals surface area contributed by atoms with E-state index in [1.807, 2.05) is 80.6 Å². The van der Waals surface area contributed by atoms with Crippen LogP contribution in [0.5, 0.6) is 0 Å². The van der Waals surface area contributed by atoms with Gasteiger partial charge in [-0.25, -0.2) is 4.98 Å². The highest BCUT2D eigenvalue weighted by molar-refractivity contribution is 6.36. The van der Waals surface area contributed by atoms with Crippen molar-refractivity contribution in [3.05, 3.63) is 102 Å². The number of benzene rings is 3. The molecule has 0 spiro atoms. The number of fused-ring (bicyclic) bond motifs is 1. The normalized spacial score (nSPS) is 10.9. The van der Waals surface area contributed by atoms with Crippen LogP contribution >= 0.6 is 11.6 Å². The number of rotatable bonds is 7. The van der Waals surface area contributed by atoms with Crippen molar-refractivity contribution in [1.29, 1.82) is 0 Å². The van der Waals surface area contributed by atoms with Gasteiger partial charge >= 0.3 is 0 Å². The van der Waals surface area contributed by atoms with E-state index >= 15 is 0 Å². The maximum absolute atomic E-state index is 12.6. The number of amides is 1. The number of anilines is 1. The topological polar surface area (TPSA) is 71.3 Å². The largest absolute Gasteiger partial charge is 0.368 e. The van der Waals surface area contributed by atoms with Gasteiger partial charge in [0.2, 0.25) is 0 Å². The Bertz CT molecular complexity index is 1490. The summed E-state index contributed by atoms with van der Waals surface area (Å²) in [7, 11) is 1.97. The first kappa shape index (κ1) is 22.7. The lowest BCUT2D eigenvalue weighted by Crippen LogP contribution is -2.29. The number of hydrogen-bond acceptors (Lipinski definition) is 4. The van der Waals surface area contributed by atoms with Crippen LogP contribution in [0.15, 0.2) is 91.1 Å². The van der Waals surface area contributed by atoms with Crippen molar-refractivity contribution in [2.75, 3.05) is 18.4 Å². The molecule has 6 nitrogen and oxygen atoms in total. The molecule has 0 aliphatic carbocycles. The van der Waals surface area contributed by atoms with E-state index in [4.69, 9.17) is 16.6 Å². The first-order valence-electron chi connectivity index (χ1n) is 11.4. The highest BCUT2D eigenvalue weighted by atomic mass is 35.5. The van der Waals surface area contributed by atoms with E-state index in [0.717, 1.165) is 39.3 Å². The fourth-order valence-corrected chi connectivity index (χ4v) is 4.15. The van der Waals surface area contributed by atoms with Crippen LogP contribution in [0.2, 0.25) is 5.02 Å². The molecule has 0 aliphatic heterocycles. The van der Waals surface area contributed by atoms with Gasteiger partial charge < -0.3 is 10.6 Å². The van der Waals surface area contributed by atoms with Crippen LogP contribution < -0.4 is 16.1 Å². The van der Waals surface area contributed by atoms with Crippen LogP contribution in [-0.2, 0) is 0 Å². The molecule has 3 aromatic carbocycles. The first-order valence-corrected chi connectivity index (χ1v) is 11.8. The van der Waals surface area contributed by atoms with E-state index in [9.17, 15) is 4.79 Å². The van der Waals surface area contributed by atoms with Gasteiger partial charge in [0, 0.05) is 41.5 Å².